The average molecular weight is 475 g/mol. The molecular formula is C24H38BN3O6. The lowest BCUT2D eigenvalue weighted by molar-refractivity contribution is 0.00578. The van der Waals surface area contributed by atoms with Crippen LogP contribution in [0.3, 0.4) is 0 Å². The highest BCUT2D eigenvalue weighted by atomic mass is 16.7. The van der Waals surface area contributed by atoms with Gasteiger partial charge in [0.25, 0.3) is 0 Å². The quantitative estimate of drug-likeness (QED) is 0.386. The first-order valence-electron chi connectivity index (χ1n) is 11.3. The van der Waals surface area contributed by atoms with Gasteiger partial charge in [-0.2, -0.15) is 0 Å². The van der Waals surface area contributed by atoms with Crippen molar-refractivity contribution in [3.8, 4) is 0 Å². The Hall–Kier alpha value is -2.59. The van der Waals surface area contributed by atoms with Crippen molar-refractivity contribution < 1.29 is 28.4 Å². The smallest absolute Gasteiger partial charge is 0.444 e. The molecule has 0 aromatic heterocycles. The van der Waals surface area contributed by atoms with Gasteiger partial charge in [0.2, 0.25) is 5.96 Å². The number of alkyl carbamates (subject to hydrolysis) is 1. The summed E-state index contributed by atoms with van der Waals surface area (Å²) < 4.78 is 22.9. The van der Waals surface area contributed by atoms with E-state index in [0.717, 1.165) is 10.4 Å². The summed E-state index contributed by atoms with van der Waals surface area (Å²) in [5, 5.41) is 10.7. The normalized spacial score (nSPS) is 17.2. The van der Waals surface area contributed by atoms with Gasteiger partial charge >= 0.3 is 19.3 Å². The Morgan fingerprint density at radius 3 is 2.03 bits per heavy atom. The van der Waals surface area contributed by atoms with Crippen LogP contribution in [0.4, 0.5) is 9.59 Å². The number of ether oxygens (including phenoxy) is 2. The number of rotatable bonds is 3. The van der Waals surface area contributed by atoms with Crippen molar-refractivity contribution in [3.63, 3.8) is 0 Å². The predicted octanol–water partition coefficient (Wildman–Crippen LogP) is 4.18. The number of carbonyl (C=O) groups excluding carboxylic acids is 2. The lowest BCUT2D eigenvalue weighted by Crippen LogP contribution is -2.49. The van der Waals surface area contributed by atoms with Crippen LogP contribution in [-0.2, 0) is 25.3 Å². The van der Waals surface area contributed by atoms with E-state index in [1.807, 2.05) is 52.0 Å². The third kappa shape index (κ3) is 7.46. The fourth-order valence-electron chi connectivity index (χ4n) is 3.02. The Morgan fingerprint density at radius 2 is 1.53 bits per heavy atom. The highest BCUT2D eigenvalue weighted by Gasteiger charge is 2.51. The molecule has 0 saturated carbocycles. The molecule has 1 heterocycles. The molecule has 0 spiro atoms. The van der Waals surface area contributed by atoms with Gasteiger partial charge in [-0.15, -0.1) is 0 Å². The second kappa shape index (κ2) is 9.58. The fraction of sp³-hybridized carbons (Fsp3) is 0.625. The SMILES string of the molecule is CC(C)(C)OC(=O)NC(=N)N(Cc1cccc(B2OC(C)(C)C(C)(C)O2)c1)C(=O)OC(C)(C)C. The van der Waals surface area contributed by atoms with E-state index in [2.05, 4.69) is 5.32 Å². The van der Waals surface area contributed by atoms with Gasteiger partial charge in [-0.1, -0.05) is 24.3 Å². The Kier molecular flexibility index (Phi) is 7.79. The third-order valence-electron chi connectivity index (χ3n) is 5.32. The molecule has 0 radical (unpaired) electrons. The summed E-state index contributed by atoms with van der Waals surface area (Å²) in [7, 11) is -0.570. The van der Waals surface area contributed by atoms with Crippen LogP contribution in [0.2, 0.25) is 0 Å². The standard InChI is InChI=1S/C24H38BN3O6/c1-21(2,3)31-19(29)27-18(26)28(20(30)32-22(4,5)6)15-16-12-11-13-17(14-16)25-33-23(7,8)24(9,10)34-25/h11-14H,15H2,1-10H3,(H2,26,27,29). The van der Waals surface area contributed by atoms with Gasteiger partial charge < -0.3 is 18.8 Å². The number of hydrogen-bond donors (Lipinski definition) is 2. The van der Waals surface area contributed by atoms with Gasteiger partial charge in [0, 0.05) is 0 Å². The van der Waals surface area contributed by atoms with E-state index >= 15 is 0 Å². The van der Waals surface area contributed by atoms with Crippen LogP contribution in [0, 0.1) is 5.41 Å². The van der Waals surface area contributed by atoms with Crippen molar-refractivity contribution in [1.29, 1.82) is 5.41 Å². The van der Waals surface area contributed by atoms with Crippen LogP contribution in [-0.4, -0.2) is 52.6 Å². The van der Waals surface area contributed by atoms with Gasteiger partial charge in [-0.25, -0.2) is 14.5 Å². The molecule has 188 valence electrons. The van der Waals surface area contributed by atoms with Crippen LogP contribution in [0.1, 0.15) is 74.8 Å². The largest absolute Gasteiger partial charge is 0.494 e. The maximum atomic E-state index is 12.9. The molecule has 1 aliphatic heterocycles. The van der Waals surface area contributed by atoms with Gasteiger partial charge in [0.05, 0.1) is 17.7 Å². The Labute approximate surface area is 203 Å². The zero-order valence-corrected chi connectivity index (χ0v) is 22.0. The highest BCUT2D eigenvalue weighted by Crippen LogP contribution is 2.36. The van der Waals surface area contributed by atoms with Crippen LogP contribution in [0.5, 0.6) is 0 Å². The molecule has 0 bridgehead atoms. The molecule has 34 heavy (non-hydrogen) atoms. The topological polar surface area (TPSA) is 110 Å². The molecule has 2 rings (SSSR count). The van der Waals surface area contributed by atoms with Gasteiger partial charge in [-0.3, -0.25) is 10.7 Å². The highest BCUT2D eigenvalue weighted by molar-refractivity contribution is 6.62. The molecule has 9 nitrogen and oxygen atoms in total. The van der Waals surface area contributed by atoms with Crippen molar-refractivity contribution in [2.24, 2.45) is 0 Å². The molecule has 1 aromatic carbocycles. The molecular weight excluding hydrogens is 437 g/mol. The first kappa shape index (κ1) is 27.7. The van der Waals surface area contributed by atoms with Gasteiger partial charge in [0.1, 0.15) is 11.2 Å². The number of benzene rings is 1. The molecule has 1 saturated heterocycles. The summed E-state index contributed by atoms with van der Waals surface area (Å²) in [6.07, 6.45) is -1.60. The molecule has 1 aromatic rings. The van der Waals surface area contributed by atoms with Gasteiger partial charge in [0.15, 0.2) is 0 Å². The van der Waals surface area contributed by atoms with Crippen LogP contribution >= 0.6 is 0 Å². The lowest BCUT2D eigenvalue weighted by atomic mass is 9.78. The lowest BCUT2D eigenvalue weighted by Gasteiger charge is -2.32. The Morgan fingerprint density at radius 1 is 1.00 bits per heavy atom. The first-order chi connectivity index (χ1) is 15.3. The minimum atomic E-state index is -0.836. The van der Waals surface area contributed by atoms with E-state index in [1.165, 1.54) is 0 Å². The maximum absolute atomic E-state index is 12.9. The fourth-order valence-corrected chi connectivity index (χ4v) is 3.02. The molecule has 1 aliphatic rings. The minimum Gasteiger partial charge on any atom is -0.444 e. The molecule has 2 amide bonds. The summed E-state index contributed by atoms with van der Waals surface area (Å²) >= 11 is 0. The number of nitrogens with one attached hydrogen (secondary N) is 2. The third-order valence-corrected chi connectivity index (χ3v) is 5.32. The monoisotopic (exact) mass is 475 g/mol. The van der Waals surface area contributed by atoms with E-state index in [0.29, 0.717) is 5.56 Å². The van der Waals surface area contributed by atoms with Crippen LogP contribution in [0.15, 0.2) is 24.3 Å². The molecule has 10 heteroatoms. The van der Waals surface area contributed by atoms with Crippen LogP contribution < -0.4 is 10.8 Å². The van der Waals surface area contributed by atoms with Gasteiger partial charge in [-0.05, 0) is 80.3 Å². The maximum Gasteiger partial charge on any atom is 0.494 e. The van der Waals surface area contributed by atoms with E-state index in [1.54, 1.807) is 41.5 Å². The number of amides is 2. The number of carbonyl (C=O) groups is 2. The van der Waals surface area contributed by atoms with Crippen molar-refractivity contribution in [1.82, 2.24) is 10.2 Å². The van der Waals surface area contributed by atoms with E-state index in [4.69, 9.17) is 24.2 Å². The summed E-state index contributed by atoms with van der Waals surface area (Å²) in [4.78, 5) is 26.1. The first-order valence-corrected chi connectivity index (χ1v) is 11.3. The van der Waals surface area contributed by atoms with Crippen molar-refractivity contribution in [3.05, 3.63) is 29.8 Å². The predicted molar refractivity (Wildman–Crippen MR) is 131 cm³/mol. The zero-order valence-electron chi connectivity index (χ0n) is 22.0. The second-order valence-electron chi connectivity index (χ2n) is 11.4. The summed E-state index contributed by atoms with van der Waals surface area (Å²) in [5.41, 5.74) is -1.03. The van der Waals surface area contributed by atoms with Crippen molar-refractivity contribution >= 4 is 30.7 Å². The van der Waals surface area contributed by atoms with Crippen molar-refractivity contribution in [2.45, 2.75) is 98.2 Å². The number of guanidine groups is 1. The minimum absolute atomic E-state index is 0.0170. The molecule has 1 fully saturated rings. The van der Waals surface area contributed by atoms with E-state index < -0.39 is 47.7 Å². The zero-order chi connectivity index (χ0) is 26.1. The molecule has 0 atom stereocenters. The molecule has 0 unspecified atom stereocenters. The second-order valence-corrected chi connectivity index (χ2v) is 11.4. The molecule has 0 aliphatic carbocycles. The Bertz CT molecular complexity index is 917. The van der Waals surface area contributed by atoms with Crippen molar-refractivity contribution in [2.75, 3.05) is 0 Å². The number of nitrogens with zero attached hydrogens (tertiary/aromatic N) is 1. The average Bonchev–Trinajstić information content (AvgIpc) is 2.84. The Balaban J connectivity index is 2.26. The van der Waals surface area contributed by atoms with Crippen LogP contribution in [0.25, 0.3) is 0 Å². The van der Waals surface area contributed by atoms with E-state index in [9.17, 15) is 9.59 Å². The summed E-state index contributed by atoms with van der Waals surface area (Å²) in [5.74, 6) is -0.454. The summed E-state index contributed by atoms with van der Waals surface area (Å²) in [6, 6.07) is 7.37. The molecule has 2 N–H and O–H groups in total. The number of hydrogen-bond acceptors (Lipinski definition) is 7. The summed E-state index contributed by atoms with van der Waals surface area (Å²) in [6.45, 7) is 18.2. The van der Waals surface area contributed by atoms with E-state index in [-0.39, 0.29) is 6.54 Å².